The minimum Gasteiger partial charge on any atom is -0.404 e. The molecule has 0 fully saturated rings. The summed E-state index contributed by atoms with van der Waals surface area (Å²) in [6.07, 6.45) is 7.04. The number of nitrogens with zero attached hydrogens (tertiary/aromatic N) is 2. The van der Waals surface area contributed by atoms with Crippen molar-refractivity contribution in [2.45, 2.75) is 0 Å². The number of hydrogen-bond acceptors (Lipinski definition) is 10. The van der Waals surface area contributed by atoms with Crippen molar-refractivity contribution in [3.05, 3.63) is 144 Å². The summed E-state index contributed by atoms with van der Waals surface area (Å²) in [5.74, 6) is -0.370. The quantitative estimate of drug-likeness (QED) is 0.0510. The van der Waals surface area contributed by atoms with Crippen LogP contribution in [0.5, 0.6) is 23.0 Å². The summed E-state index contributed by atoms with van der Waals surface area (Å²) in [5, 5.41) is 0. The van der Waals surface area contributed by atoms with Crippen molar-refractivity contribution in [2.24, 2.45) is 0 Å². The molecule has 2 aliphatic rings. The molecule has 346 valence electrons. The van der Waals surface area contributed by atoms with Crippen LogP contribution in [0.1, 0.15) is 22.8 Å². The minimum absolute atomic E-state index is 0.0865. The van der Waals surface area contributed by atoms with E-state index in [1.54, 1.807) is 85.0 Å². The maximum absolute atomic E-state index is 11.7. The summed E-state index contributed by atoms with van der Waals surface area (Å²) in [5.41, 5.74) is 8.22. The van der Waals surface area contributed by atoms with Crippen molar-refractivity contribution in [3.8, 4) is 67.5 Å². The van der Waals surface area contributed by atoms with Gasteiger partial charge in [-0.15, -0.1) is 0 Å². The number of aromatic amines is 2. The summed E-state index contributed by atoms with van der Waals surface area (Å²) in [6.45, 7) is 0. The van der Waals surface area contributed by atoms with E-state index in [0.29, 0.717) is 89.4 Å². The molecule has 20 nitrogen and oxygen atoms in total. The van der Waals surface area contributed by atoms with E-state index in [9.17, 15) is 57.4 Å². The van der Waals surface area contributed by atoms with Gasteiger partial charge in [0.05, 0.1) is 22.8 Å². The lowest BCUT2D eigenvalue weighted by molar-refractivity contribution is 0.281. The standard InChI is InChI=1S/C44H34N4O16P4/c49-65(50,51)61-29-9-1-25(2-10-29)41-33-17-19-35(45-33)42(26-3-11-30(12-4-26)62-66(52,53)54)37-21-23-39(47-37)44(28-7-15-32(16-8-28)64-68(58,59)60)40-24-22-38(48-40)43(36-20-18-34(41)46-36)27-5-13-31(14-6-27)63-67(55,56)57/h1-24,45-46H,(H2,49,50,51)(H2,52,53,54)(H2,55,56,57)(H2,58,59,60). The Morgan fingerprint density at radius 3 is 0.794 bits per heavy atom. The third-order valence-electron chi connectivity index (χ3n) is 10.2. The highest BCUT2D eigenvalue weighted by molar-refractivity contribution is 7.47. The van der Waals surface area contributed by atoms with E-state index < -0.39 is 31.3 Å². The minimum atomic E-state index is -4.89. The van der Waals surface area contributed by atoms with Crippen LogP contribution in [0.4, 0.5) is 0 Å². The van der Waals surface area contributed by atoms with Gasteiger partial charge in [-0.1, -0.05) is 48.5 Å². The number of rotatable bonds is 12. The number of H-pyrrole nitrogens is 2. The fourth-order valence-corrected chi connectivity index (χ4v) is 9.29. The molecular formula is C44H34N4O16P4. The molecule has 5 heterocycles. The fraction of sp³-hybridized carbons (Fsp3) is 0. The first-order valence-corrected chi connectivity index (χ1v) is 25.8. The van der Waals surface area contributed by atoms with Gasteiger partial charge in [0.15, 0.2) is 0 Å². The Balaban J connectivity index is 1.37. The predicted molar refractivity (Wildman–Crippen MR) is 251 cm³/mol. The van der Waals surface area contributed by atoms with E-state index in [4.69, 9.17) is 28.1 Å². The van der Waals surface area contributed by atoms with Crippen LogP contribution >= 0.6 is 31.3 Å². The average Bonchev–Trinajstić information content (AvgIpc) is 4.09. The molecular weight excluding hydrogens is 964 g/mol. The Hall–Kier alpha value is -6.72. The highest BCUT2D eigenvalue weighted by atomic mass is 31.2. The van der Waals surface area contributed by atoms with Crippen LogP contribution in [0.3, 0.4) is 0 Å². The molecule has 0 spiro atoms. The first-order valence-electron chi connectivity index (χ1n) is 19.7. The zero-order chi connectivity index (χ0) is 48.2. The SMILES string of the molecule is O=P(O)(O)Oc1ccc(-c2c3nc(c(-c4ccc(OP(=O)(O)O)cc4)c4ccc([nH]4)c(-c4ccc(OP(=O)(O)O)cc4)c4ccc([nH]4)c(-c4ccc(OP(=O)(O)O)cc4)c4nc2C=C4)C=C3)cc1. The van der Waals surface area contributed by atoms with Crippen LogP contribution in [0.2, 0.25) is 0 Å². The number of hydrogen-bond donors (Lipinski definition) is 10. The van der Waals surface area contributed by atoms with Crippen LogP contribution in [0.25, 0.3) is 90.9 Å². The number of fused-ring (bicyclic) bond motifs is 8. The first kappa shape index (κ1) is 46.4. The van der Waals surface area contributed by atoms with Gasteiger partial charge in [0.1, 0.15) is 23.0 Å². The van der Waals surface area contributed by atoms with Crippen LogP contribution in [-0.4, -0.2) is 59.1 Å². The molecule has 0 aliphatic carbocycles. The Morgan fingerprint density at radius 1 is 0.309 bits per heavy atom. The van der Waals surface area contributed by atoms with Gasteiger partial charge >= 0.3 is 31.3 Å². The molecule has 0 saturated heterocycles. The second kappa shape index (κ2) is 17.7. The Kier molecular flexibility index (Phi) is 12.1. The van der Waals surface area contributed by atoms with E-state index in [0.717, 1.165) is 0 Å². The van der Waals surface area contributed by atoms with Crippen molar-refractivity contribution < 1.29 is 75.5 Å². The molecule has 3 aromatic heterocycles. The molecule has 9 rings (SSSR count). The van der Waals surface area contributed by atoms with Crippen molar-refractivity contribution in [1.82, 2.24) is 19.9 Å². The van der Waals surface area contributed by atoms with Gasteiger partial charge in [-0.05, 0) is 119 Å². The summed E-state index contributed by atoms with van der Waals surface area (Å²) < 4.78 is 66.0. The third-order valence-corrected chi connectivity index (χ3v) is 12.0. The molecule has 68 heavy (non-hydrogen) atoms. The highest BCUT2D eigenvalue weighted by Crippen LogP contribution is 2.44. The summed E-state index contributed by atoms with van der Waals surface area (Å²) in [7, 11) is -19.6. The molecule has 24 heteroatoms. The van der Waals surface area contributed by atoms with Gasteiger partial charge in [0.2, 0.25) is 0 Å². The van der Waals surface area contributed by atoms with Crippen LogP contribution in [0.15, 0.2) is 121 Å². The summed E-state index contributed by atoms with van der Waals surface area (Å²) in [4.78, 5) is 93.0. The van der Waals surface area contributed by atoms with Gasteiger partial charge in [-0.3, -0.25) is 39.1 Å². The number of phosphoric ester groups is 4. The van der Waals surface area contributed by atoms with Gasteiger partial charge < -0.3 is 28.1 Å². The number of aromatic nitrogens is 4. The van der Waals surface area contributed by atoms with Gasteiger partial charge in [-0.2, -0.15) is 0 Å². The van der Waals surface area contributed by atoms with Crippen molar-refractivity contribution in [1.29, 1.82) is 0 Å². The lowest BCUT2D eigenvalue weighted by atomic mass is 10.0. The number of nitrogens with one attached hydrogen (secondary N) is 2. The van der Waals surface area contributed by atoms with E-state index in [2.05, 4.69) is 9.97 Å². The molecule has 0 atom stereocenters. The van der Waals surface area contributed by atoms with E-state index in [1.807, 2.05) is 12.1 Å². The fourth-order valence-electron chi connectivity index (χ4n) is 7.70. The summed E-state index contributed by atoms with van der Waals surface area (Å²) in [6, 6.07) is 31.2. The van der Waals surface area contributed by atoms with Gasteiger partial charge in [0, 0.05) is 44.3 Å². The second-order valence-electron chi connectivity index (χ2n) is 14.9. The second-order valence-corrected chi connectivity index (χ2v) is 19.6. The molecule has 7 aromatic rings. The third kappa shape index (κ3) is 10.7. The lowest BCUT2D eigenvalue weighted by Crippen LogP contribution is -1.93. The van der Waals surface area contributed by atoms with Crippen molar-refractivity contribution >= 4 is 77.7 Å². The van der Waals surface area contributed by atoms with Crippen molar-refractivity contribution in [3.63, 3.8) is 0 Å². The molecule has 0 amide bonds. The number of phosphoric acid groups is 4. The Morgan fingerprint density at radius 2 is 0.529 bits per heavy atom. The predicted octanol–water partition coefficient (Wildman–Crippen LogP) is 9.21. The highest BCUT2D eigenvalue weighted by Gasteiger charge is 2.23. The largest absolute Gasteiger partial charge is 0.524 e. The zero-order valence-corrected chi connectivity index (χ0v) is 38.0. The monoisotopic (exact) mass is 998 g/mol. The average molecular weight is 999 g/mol. The molecule has 10 N–H and O–H groups in total. The maximum Gasteiger partial charge on any atom is 0.524 e. The lowest BCUT2D eigenvalue weighted by Gasteiger charge is -2.10. The smallest absolute Gasteiger partial charge is 0.404 e. The molecule has 2 aliphatic heterocycles. The first-order chi connectivity index (χ1) is 32.1. The van der Waals surface area contributed by atoms with E-state index in [-0.39, 0.29) is 23.0 Å². The van der Waals surface area contributed by atoms with Gasteiger partial charge in [0.25, 0.3) is 0 Å². The van der Waals surface area contributed by atoms with Crippen LogP contribution in [-0.2, 0) is 18.3 Å². The van der Waals surface area contributed by atoms with E-state index in [1.165, 1.54) is 48.5 Å². The van der Waals surface area contributed by atoms with Crippen LogP contribution < -0.4 is 18.1 Å². The number of benzene rings is 4. The van der Waals surface area contributed by atoms with Gasteiger partial charge in [-0.25, -0.2) is 28.2 Å². The topological polar surface area (TPSA) is 324 Å². The zero-order valence-electron chi connectivity index (χ0n) is 34.4. The Bertz CT molecular complexity index is 3390. The maximum atomic E-state index is 11.7. The molecule has 0 unspecified atom stereocenters. The van der Waals surface area contributed by atoms with Crippen LogP contribution in [0, 0.1) is 0 Å². The molecule has 8 bridgehead atoms. The molecule has 0 radical (unpaired) electrons. The Labute approximate surface area is 383 Å². The molecule has 4 aromatic carbocycles. The summed E-state index contributed by atoms with van der Waals surface area (Å²) >= 11 is 0. The van der Waals surface area contributed by atoms with Crippen molar-refractivity contribution in [2.75, 3.05) is 0 Å². The molecule has 0 saturated carbocycles. The van der Waals surface area contributed by atoms with E-state index >= 15 is 0 Å². The normalized spacial score (nSPS) is 12.8.